The topological polar surface area (TPSA) is 115 Å². The smallest absolute Gasteiger partial charge is 0.343 e. The van der Waals surface area contributed by atoms with Gasteiger partial charge in [-0.15, -0.1) is 0 Å². The number of ether oxygens (including phenoxy) is 3. The van der Waals surface area contributed by atoms with E-state index in [1.165, 1.54) is 13.3 Å². The number of esters is 1. The number of benzene rings is 2. The molecule has 0 aliphatic carbocycles. The van der Waals surface area contributed by atoms with Gasteiger partial charge in [0.15, 0.2) is 13.2 Å². The molecule has 2 N–H and O–H groups in total. The predicted octanol–water partition coefficient (Wildman–Crippen LogP) is 2.61. The zero-order valence-electron chi connectivity index (χ0n) is 19.9. The van der Waals surface area contributed by atoms with Crippen molar-refractivity contribution in [3.63, 3.8) is 0 Å². The molecule has 0 unspecified atom stereocenters. The summed E-state index contributed by atoms with van der Waals surface area (Å²) in [5, 5.41) is 6.70. The molecule has 0 aliphatic rings. The molecule has 2 rings (SSSR count). The first-order valence-corrected chi connectivity index (χ1v) is 10.9. The maximum Gasteiger partial charge on any atom is 0.343 e. The van der Waals surface area contributed by atoms with Crippen molar-refractivity contribution < 1.29 is 28.6 Å². The zero-order valence-corrected chi connectivity index (χ0v) is 19.9. The third kappa shape index (κ3) is 9.32. The normalized spacial score (nSPS) is 11.7. The van der Waals surface area contributed by atoms with E-state index in [1.54, 1.807) is 30.3 Å². The van der Waals surface area contributed by atoms with E-state index in [2.05, 4.69) is 20.6 Å². The molecule has 2 amide bonds. The largest absolute Gasteiger partial charge is 0.484 e. The van der Waals surface area contributed by atoms with Crippen LogP contribution in [0.3, 0.4) is 0 Å². The Bertz CT molecular complexity index is 1010. The lowest BCUT2D eigenvalue weighted by atomic mass is 10.0. The number of nitrogens with one attached hydrogen (secondary N) is 2. The summed E-state index contributed by atoms with van der Waals surface area (Å²) in [5.74, 6) is -0.0882. The number of carbonyl (C=O) groups excluding carboxylic acids is 3. The van der Waals surface area contributed by atoms with Gasteiger partial charge in [0.05, 0.1) is 13.3 Å². The second-order valence-electron chi connectivity index (χ2n) is 7.98. The summed E-state index contributed by atoms with van der Waals surface area (Å²) in [6.07, 6.45) is 1.88. The van der Waals surface area contributed by atoms with Gasteiger partial charge in [-0.1, -0.05) is 44.2 Å². The number of amides is 2. The molecule has 0 saturated carbocycles. The van der Waals surface area contributed by atoms with Gasteiger partial charge in [0, 0.05) is 0 Å². The Balaban J connectivity index is 1.92. The van der Waals surface area contributed by atoms with Gasteiger partial charge in [0.2, 0.25) is 0 Å². The van der Waals surface area contributed by atoms with Gasteiger partial charge in [-0.2, -0.15) is 5.10 Å². The fourth-order valence-electron chi connectivity index (χ4n) is 2.93. The van der Waals surface area contributed by atoms with Gasteiger partial charge in [-0.3, -0.25) is 9.59 Å². The Labute approximate surface area is 199 Å². The molecule has 0 aromatic heterocycles. The molecule has 0 bridgehead atoms. The lowest BCUT2D eigenvalue weighted by Gasteiger charge is -2.19. The van der Waals surface area contributed by atoms with Crippen molar-refractivity contribution in [1.82, 2.24) is 10.7 Å². The van der Waals surface area contributed by atoms with E-state index in [9.17, 15) is 14.4 Å². The molecule has 0 heterocycles. The van der Waals surface area contributed by atoms with E-state index in [0.29, 0.717) is 23.5 Å². The number of carbonyl (C=O) groups is 3. The number of aryl methyl sites for hydroxylation is 1. The van der Waals surface area contributed by atoms with Crippen molar-refractivity contribution in [3.05, 3.63) is 59.7 Å². The molecule has 0 saturated heterocycles. The number of nitrogens with zero attached hydrogens (tertiary/aromatic N) is 1. The molecular formula is C25H31N3O6. The zero-order chi connectivity index (χ0) is 24.9. The van der Waals surface area contributed by atoms with Crippen molar-refractivity contribution in [1.29, 1.82) is 0 Å². The second kappa shape index (κ2) is 13.6. The van der Waals surface area contributed by atoms with Crippen LogP contribution in [0.4, 0.5) is 0 Å². The average Bonchev–Trinajstić information content (AvgIpc) is 2.81. The number of hydrogen-bond acceptors (Lipinski definition) is 7. The van der Waals surface area contributed by atoms with Crippen molar-refractivity contribution in [2.75, 3.05) is 20.3 Å². The summed E-state index contributed by atoms with van der Waals surface area (Å²) < 4.78 is 15.4. The van der Waals surface area contributed by atoms with Crippen LogP contribution in [0.1, 0.15) is 31.4 Å². The molecule has 2 aromatic carbocycles. The molecule has 0 spiro atoms. The maximum absolute atomic E-state index is 12.7. The second-order valence-corrected chi connectivity index (χ2v) is 7.98. The highest BCUT2D eigenvalue weighted by atomic mass is 16.6. The minimum Gasteiger partial charge on any atom is -0.484 e. The van der Waals surface area contributed by atoms with Crippen LogP contribution in [-0.4, -0.2) is 50.4 Å². The van der Waals surface area contributed by atoms with Gasteiger partial charge in [-0.05, 0) is 48.6 Å². The van der Waals surface area contributed by atoms with Gasteiger partial charge < -0.3 is 19.5 Å². The molecule has 0 aliphatic heterocycles. The van der Waals surface area contributed by atoms with Crippen LogP contribution in [0.15, 0.2) is 53.6 Å². The molecule has 9 heteroatoms. The summed E-state index contributed by atoms with van der Waals surface area (Å²) in [5.41, 5.74) is 4.03. The predicted molar refractivity (Wildman–Crippen MR) is 128 cm³/mol. The summed E-state index contributed by atoms with van der Waals surface area (Å²) in [6.45, 7) is 5.40. The number of methoxy groups -OCH3 is 1. The number of rotatable bonds is 12. The minimum absolute atomic E-state index is 0.168. The molecular weight excluding hydrogens is 438 g/mol. The molecule has 0 fully saturated rings. The van der Waals surface area contributed by atoms with Crippen LogP contribution in [0.25, 0.3) is 0 Å². The Hall–Kier alpha value is -3.88. The van der Waals surface area contributed by atoms with E-state index in [-0.39, 0.29) is 19.1 Å². The first kappa shape index (κ1) is 26.4. The highest BCUT2D eigenvalue weighted by molar-refractivity contribution is 5.89. The number of hydrazone groups is 1. The Morgan fingerprint density at radius 1 is 1.03 bits per heavy atom. The van der Waals surface area contributed by atoms with Crippen LogP contribution in [-0.2, 0) is 19.1 Å². The Morgan fingerprint density at radius 3 is 2.50 bits per heavy atom. The summed E-state index contributed by atoms with van der Waals surface area (Å²) in [7, 11) is 1.28. The molecule has 182 valence electrons. The van der Waals surface area contributed by atoms with E-state index in [1.807, 2.05) is 39.0 Å². The van der Waals surface area contributed by atoms with Crippen molar-refractivity contribution >= 4 is 24.0 Å². The van der Waals surface area contributed by atoms with Gasteiger partial charge in [-0.25, -0.2) is 10.2 Å². The Kier molecular flexibility index (Phi) is 10.6. The third-order valence-corrected chi connectivity index (χ3v) is 4.64. The van der Waals surface area contributed by atoms with E-state index >= 15 is 0 Å². The fraction of sp³-hybridized carbons (Fsp3) is 0.360. The Morgan fingerprint density at radius 2 is 1.79 bits per heavy atom. The van der Waals surface area contributed by atoms with Crippen LogP contribution >= 0.6 is 0 Å². The average molecular weight is 470 g/mol. The molecule has 0 radical (unpaired) electrons. The lowest BCUT2D eigenvalue weighted by Crippen LogP contribution is -2.47. The van der Waals surface area contributed by atoms with Crippen LogP contribution < -0.4 is 20.2 Å². The SMILES string of the molecule is COC(=O)COc1cccc(/C=N\NC(=O)[C@@H](CC(C)C)NC(=O)COc2ccccc2C)c1. The highest BCUT2D eigenvalue weighted by Crippen LogP contribution is 2.16. The van der Waals surface area contributed by atoms with Crippen molar-refractivity contribution in [2.45, 2.75) is 33.2 Å². The monoisotopic (exact) mass is 469 g/mol. The maximum atomic E-state index is 12.7. The van der Waals surface area contributed by atoms with Crippen molar-refractivity contribution in [2.24, 2.45) is 11.0 Å². The van der Waals surface area contributed by atoms with Crippen molar-refractivity contribution in [3.8, 4) is 11.5 Å². The van der Waals surface area contributed by atoms with Gasteiger partial charge >= 0.3 is 5.97 Å². The third-order valence-electron chi connectivity index (χ3n) is 4.64. The number of para-hydroxylation sites is 1. The molecule has 34 heavy (non-hydrogen) atoms. The lowest BCUT2D eigenvalue weighted by molar-refractivity contribution is -0.142. The first-order valence-electron chi connectivity index (χ1n) is 10.9. The molecule has 2 aromatic rings. The minimum atomic E-state index is -0.764. The van der Waals surface area contributed by atoms with E-state index in [4.69, 9.17) is 9.47 Å². The first-order chi connectivity index (χ1) is 16.3. The highest BCUT2D eigenvalue weighted by Gasteiger charge is 2.22. The fourth-order valence-corrected chi connectivity index (χ4v) is 2.93. The quantitative estimate of drug-likeness (QED) is 0.281. The standard InChI is InChI=1S/C25H31N3O6/c1-17(2)12-21(27-23(29)15-34-22-11-6-5-8-18(22)3)25(31)28-26-14-19-9-7-10-20(13-19)33-16-24(30)32-4/h5-11,13-14,17,21H,12,15-16H2,1-4H3,(H,27,29)(H,28,31)/b26-14-/t21-/m1/s1. The summed E-state index contributed by atoms with van der Waals surface area (Å²) >= 11 is 0. The van der Waals surface area contributed by atoms with Crippen LogP contribution in [0.5, 0.6) is 11.5 Å². The van der Waals surface area contributed by atoms with E-state index < -0.39 is 23.8 Å². The van der Waals surface area contributed by atoms with Crippen LogP contribution in [0.2, 0.25) is 0 Å². The van der Waals surface area contributed by atoms with Gasteiger partial charge in [0.25, 0.3) is 11.8 Å². The van der Waals surface area contributed by atoms with Gasteiger partial charge in [0.1, 0.15) is 17.5 Å². The summed E-state index contributed by atoms with van der Waals surface area (Å²) in [4.78, 5) is 36.2. The summed E-state index contributed by atoms with van der Waals surface area (Å²) in [6, 6.07) is 13.5. The van der Waals surface area contributed by atoms with Crippen LogP contribution in [0, 0.1) is 12.8 Å². The van der Waals surface area contributed by atoms with E-state index in [0.717, 1.165) is 5.56 Å². The molecule has 1 atom stereocenters. The molecule has 9 nitrogen and oxygen atoms in total. The number of hydrogen-bond donors (Lipinski definition) is 2.